The Labute approximate surface area is 191 Å². The molecule has 1 unspecified atom stereocenters. The molecule has 0 radical (unpaired) electrons. The van der Waals surface area contributed by atoms with E-state index in [1.54, 1.807) is 0 Å². The van der Waals surface area contributed by atoms with Crippen LogP contribution < -0.4 is 0 Å². The molecular weight excluding hydrogens is 388 g/mol. The van der Waals surface area contributed by atoms with Crippen LogP contribution in [-0.4, -0.2) is 37.0 Å². The van der Waals surface area contributed by atoms with Gasteiger partial charge < -0.3 is 14.6 Å². The summed E-state index contributed by atoms with van der Waals surface area (Å²) in [5.41, 5.74) is 0. The molecule has 0 amide bonds. The number of aliphatic hydroxyl groups excluding tert-OH is 1. The molecular formula is C27H48O4. The van der Waals surface area contributed by atoms with E-state index in [-0.39, 0.29) is 19.2 Å². The summed E-state index contributed by atoms with van der Waals surface area (Å²) in [6, 6.07) is 0. The van der Waals surface area contributed by atoms with Crippen molar-refractivity contribution in [2.45, 2.75) is 110 Å². The van der Waals surface area contributed by atoms with E-state index in [9.17, 15) is 9.90 Å². The number of carbonyl (C=O) groups is 1. The molecule has 0 rings (SSSR count). The standard InChI is InChI=1S/C27H48O4/c1-3-5-7-9-11-12-13-14-15-16-17-18-20-22-27(29)31-26(24-28)25-30-23-21-19-10-8-6-4-2/h5,7,11-12,14-15,26,28H,3-4,6,8-10,13,16-25H2,1-2H3/b7-5-,12-11-,15-14-. The molecule has 0 aromatic heterocycles. The van der Waals surface area contributed by atoms with Gasteiger partial charge in [-0.2, -0.15) is 0 Å². The minimum absolute atomic E-state index is 0.184. The third kappa shape index (κ3) is 23.1. The maximum atomic E-state index is 11.9. The fourth-order valence-electron chi connectivity index (χ4n) is 3.10. The average molecular weight is 437 g/mol. The first-order chi connectivity index (χ1) is 15.2. The summed E-state index contributed by atoms with van der Waals surface area (Å²) in [5.74, 6) is -0.236. The van der Waals surface area contributed by atoms with Gasteiger partial charge in [-0.3, -0.25) is 4.79 Å². The summed E-state index contributed by atoms with van der Waals surface area (Å²) in [5, 5.41) is 9.39. The van der Waals surface area contributed by atoms with Gasteiger partial charge in [0.1, 0.15) is 6.10 Å². The summed E-state index contributed by atoms with van der Waals surface area (Å²) in [6.45, 7) is 5.12. The van der Waals surface area contributed by atoms with Crippen LogP contribution in [0.2, 0.25) is 0 Å². The number of aliphatic hydroxyl groups is 1. The van der Waals surface area contributed by atoms with Gasteiger partial charge in [-0.15, -0.1) is 0 Å². The predicted molar refractivity (Wildman–Crippen MR) is 131 cm³/mol. The number of unbranched alkanes of at least 4 members (excludes halogenated alkanes) is 8. The van der Waals surface area contributed by atoms with Gasteiger partial charge in [0.05, 0.1) is 13.2 Å². The van der Waals surface area contributed by atoms with Crippen molar-refractivity contribution in [2.75, 3.05) is 19.8 Å². The largest absolute Gasteiger partial charge is 0.457 e. The van der Waals surface area contributed by atoms with Crippen molar-refractivity contribution in [3.05, 3.63) is 36.5 Å². The topological polar surface area (TPSA) is 55.8 Å². The second-order valence-corrected chi connectivity index (χ2v) is 8.03. The molecule has 0 aromatic carbocycles. The first kappa shape index (κ1) is 29.6. The van der Waals surface area contributed by atoms with E-state index in [2.05, 4.69) is 50.3 Å². The maximum absolute atomic E-state index is 11.9. The lowest BCUT2D eigenvalue weighted by Crippen LogP contribution is -2.27. The molecule has 0 spiro atoms. The molecule has 0 saturated carbocycles. The van der Waals surface area contributed by atoms with E-state index >= 15 is 0 Å². The molecule has 1 atom stereocenters. The van der Waals surface area contributed by atoms with Gasteiger partial charge in [-0.05, 0) is 44.9 Å². The van der Waals surface area contributed by atoms with Crippen LogP contribution in [0, 0.1) is 0 Å². The summed E-state index contributed by atoms with van der Waals surface area (Å²) in [4.78, 5) is 11.9. The third-order valence-electron chi connectivity index (χ3n) is 4.98. The summed E-state index contributed by atoms with van der Waals surface area (Å²) in [6.07, 6.45) is 27.4. The number of hydrogen-bond acceptors (Lipinski definition) is 4. The summed E-state index contributed by atoms with van der Waals surface area (Å²) < 4.78 is 10.9. The maximum Gasteiger partial charge on any atom is 0.306 e. The molecule has 0 heterocycles. The van der Waals surface area contributed by atoms with Crippen molar-refractivity contribution in [1.82, 2.24) is 0 Å². The molecule has 0 aliphatic heterocycles. The van der Waals surface area contributed by atoms with Gasteiger partial charge in [0.2, 0.25) is 0 Å². The van der Waals surface area contributed by atoms with Crippen molar-refractivity contribution in [2.24, 2.45) is 0 Å². The molecule has 0 fully saturated rings. The van der Waals surface area contributed by atoms with Crippen molar-refractivity contribution in [3.8, 4) is 0 Å². The molecule has 0 saturated heterocycles. The monoisotopic (exact) mass is 436 g/mol. The Balaban J connectivity index is 3.58. The molecule has 1 N–H and O–H groups in total. The Kier molecular flexibility index (Phi) is 23.8. The molecule has 0 aliphatic carbocycles. The third-order valence-corrected chi connectivity index (χ3v) is 4.98. The van der Waals surface area contributed by atoms with Gasteiger partial charge in [0, 0.05) is 13.0 Å². The van der Waals surface area contributed by atoms with E-state index < -0.39 is 6.10 Å². The van der Waals surface area contributed by atoms with Gasteiger partial charge in [-0.1, -0.05) is 88.8 Å². The highest BCUT2D eigenvalue weighted by molar-refractivity contribution is 5.69. The highest BCUT2D eigenvalue weighted by Gasteiger charge is 2.13. The zero-order chi connectivity index (χ0) is 22.8. The fourth-order valence-corrected chi connectivity index (χ4v) is 3.10. The number of carbonyl (C=O) groups excluding carboxylic acids is 1. The zero-order valence-electron chi connectivity index (χ0n) is 20.2. The second kappa shape index (κ2) is 24.9. The number of ether oxygens (including phenoxy) is 2. The summed E-state index contributed by atoms with van der Waals surface area (Å²) >= 11 is 0. The van der Waals surface area contributed by atoms with Gasteiger partial charge in [0.15, 0.2) is 0 Å². The lowest BCUT2D eigenvalue weighted by molar-refractivity contribution is -0.154. The molecule has 180 valence electrons. The van der Waals surface area contributed by atoms with E-state index in [0.717, 1.165) is 51.4 Å². The van der Waals surface area contributed by atoms with Crippen LogP contribution >= 0.6 is 0 Å². The lowest BCUT2D eigenvalue weighted by Gasteiger charge is -2.15. The molecule has 0 aliphatic rings. The minimum Gasteiger partial charge on any atom is -0.457 e. The quantitative estimate of drug-likeness (QED) is 0.112. The molecule has 0 aromatic rings. The highest BCUT2D eigenvalue weighted by Crippen LogP contribution is 2.08. The van der Waals surface area contributed by atoms with E-state index in [1.807, 2.05) is 0 Å². The molecule has 4 nitrogen and oxygen atoms in total. The van der Waals surface area contributed by atoms with Gasteiger partial charge >= 0.3 is 5.97 Å². The first-order valence-corrected chi connectivity index (χ1v) is 12.6. The van der Waals surface area contributed by atoms with E-state index in [4.69, 9.17) is 9.47 Å². The second-order valence-electron chi connectivity index (χ2n) is 8.03. The fraction of sp³-hybridized carbons (Fsp3) is 0.741. The number of allylic oxidation sites excluding steroid dienone is 6. The Bertz CT molecular complexity index is 468. The average Bonchev–Trinajstić information content (AvgIpc) is 2.77. The molecule has 31 heavy (non-hydrogen) atoms. The van der Waals surface area contributed by atoms with E-state index in [0.29, 0.717) is 13.0 Å². The number of hydrogen-bond donors (Lipinski definition) is 1. The van der Waals surface area contributed by atoms with Crippen LogP contribution in [0.5, 0.6) is 0 Å². The smallest absolute Gasteiger partial charge is 0.306 e. The first-order valence-electron chi connectivity index (χ1n) is 12.6. The number of rotatable bonds is 22. The normalized spacial score (nSPS) is 13.0. The van der Waals surface area contributed by atoms with Crippen LogP contribution in [0.25, 0.3) is 0 Å². The van der Waals surface area contributed by atoms with E-state index in [1.165, 1.54) is 32.1 Å². The van der Waals surface area contributed by atoms with Crippen LogP contribution in [0.15, 0.2) is 36.5 Å². The van der Waals surface area contributed by atoms with Crippen molar-refractivity contribution in [1.29, 1.82) is 0 Å². The highest BCUT2D eigenvalue weighted by atomic mass is 16.6. The Morgan fingerprint density at radius 3 is 2.16 bits per heavy atom. The number of esters is 1. The van der Waals surface area contributed by atoms with Crippen LogP contribution in [0.3, 0.4) is 0 Å². The van der Waals surface area contributed by atoms with Crippen LogP contribution in [-0.2, 0) is 14.3 Å². The van der Waals surface area contributed by atoms with Crippen LogP contribution in [0.1, 0.15) is 104 Å². The van der Waals surface area contributed by atoms with Crippen LogP contribution in [0.4, 0.5) is 0 Å². The molecule has 4 heteroatoms. The van der Waals surface area contributed by atoms with Crippen molar-refractivity contribution >= 4 is 5.97 Å². The summed E-state index contributed by atoms with van der Waals surface area (Å²) in [7, 11) is 0. The predicted octanol–water partition coefficient (Wildman–Crippen LogP) is 7.08. The lowest BCUT2D eigenvalue weighted by atomic mass is 10.1. The zero-order valence-corrected chi connectivity index (χ0v) is 20.2. The SMILES string of the molecule is CC/C=C\C/C=C\C/C=C\CCCCCC(=O)OC(CO)COCCCCCCCC. The Hall–Kier alpha value is -1.39. The Morgan fingerprint density at radius 1 is 0.806 bits per heavy atom. The van der Waals surface area contributed by atoms with Gasteiger partial charge in [-0.25, -0.2) is 0 Å². The van der Waals surface area contributed by atoms with Crippen molar-refractivity contribution < 1.29 is 19.4 Å². The van der Waals surface area contributed by atoms with Crippen molar-refractivity contribution in [3.63, 3.8) is 0 Å². The molecule has 0 bridgehead atoms. The van der Waals surface area contributed by atoms with Gasteiger partial charge in [0.25, 0.3) is 0 Å². The minimum atomic E-state index is -0.541. The Morgan fingerprint density at radius 2 is 1.45 bits per heavy atom.